The molecule has 3 heterocycles. The van der Waals surface area contributed by atoms with E-state index in [2.05, 4.69) is 20.1 Å². The van der Waals surface area contributed by atoms with Gasteiger partial charge >= 0.3 is 0 Å². The van der Waals surface area contributed by atoms with E-state index in [1.807, 2.05) is 12.4 Å². The van der Waals surface area contributed by atoms with E-state index in [4.69, 9.17) is 5.73 Å². The van der Waals surface area contributed by atoms with Crippen LogP contribution in [0.4, 0.5) is 5.13 Å². The molecule has 23 heavy (non-hydrogen) atoms. The van der Waals surface area contributed by atoms with Gasteiger partial charge in [-0.2, -0.15) is 4.79 Å². The number of nitrogens with zero attached hydrogens (tertiary/aromatic N) is 6. The lowest BCUT2D eigenvalue weighted by Crippen LogP contribution is -2.28. The van der Waals surface area contributed by atoms with Gasteiger partial charge in [0.05, 0.1) is 5.69 Å². The molecule has 0 saturated carbocycles. The molecule has 0 aliphatic heterocycles. The molecule has 3 aromatic heterocycles. The van der Waals surface area contributed by atoms with Crippen molar-refractivity contribution in [1.29, 1.82) is 0 Å². The van der Waals surface area contributed by atoms with Crippen molar-refractivity contribution in [3.8, 4) is 11.4 Å². The van der Waals surface area contributed by atoms with Gasteiger partial charge in [0.1, 0.15) is 12.0 Å². The van der Waals surface area contributed by atoms with Crippen LogP contribution in [0.15, 0.2) is 24.1 Å². The highest BCUT2D eigenvalue weighted by molar-refractivity contribution is 7.13. The van der Waals surface area contributed by atoms with Crippen LogP contribution in [0.2, 0.25) is 0 Å². The van der Waals surface area contributed by atoms with Crippen LogP contribution in [-0.4, -0.2) is 37.8 Å². The van der Waals surface area contributed by atoms with Crippen molar-refractivity contribution in [2.24, 2.45) is 5.73 Å². The number of primary amides is 1. The van der Waals surface area contributed by atoms with Gasteiger partial charge in [-0.25, -0.2) is 20.0 Å². The van der Waals surface area contributed by atoms with Crippen molar-refractivity contribution in [2.45, 2.75) is 12.8 Å². The van der Waals surface area contributed by atoms with Gasteiger partial charge in [-0.15, -0.1) is 16.4 Å². The Balaban J connectivity index is 1.96. The van der Waals surface area contributed by atoms with E-state index >= 15 is 0 Å². The third-order valence-corrected chi connectivity index (χ3v) is 4.68. The van der Waals surface area contributed by atoms with Crippen molar-refractivity contribution in [2.75, 3.05) is 12.1 Å². The topological polar surface area (TPSA) is 103 Å². The number of aromatic nitrogens is 5. The first-order valence-corrected chi connectivity index (χ1v) is 7.89. The van der Waals surface area contributed by atoms with Gasteiger partial charge in [0.2, 0.25) is 5.13 Å². The quantitative estimate of drug-likeness (QED) is 0.766. The molecular weight excluding hydrogens is 314 g/mol. The van der Waals surface area contributed by atoms with Crippen molar-refractivity contribution in [3.05, 3.63) is 40.9 Å². The van der Waals surface area contributed by atoms with Crippen LogP contribution in [0.1, 0.15) is 21.6 Å². The normalized spacial score (nSPS) is 12.6. The summed E-state index contributed by atoms with van der Waals surface area (Å²) in [5, 5.41) is 8.84. The summed E-state index contributed by atoms with van der Waals surface area (Å²) in [7, 11) is 1.84. The molecule has 8 nitrogen and oxygen atoms in total. The van der Waals surface area contributed by atoms with E-state index in [1.54, 1.807) is 22.2 Å². The lowest BCUT2D eigenvalue weighted by molar-refractivity contribution is 0.0994. The Labute approximate surface area is 135 Å². The minimum absolute atomic E-state index is 0.285. The molecule has 2 N–H and O–H groups in total. The minimum atomic E-state index is -0.537. The van der Waals surface area contributed by atoms with Crippen LogP contribution >= 0.6 is 11.3 Å². The molecule has 1 aliphatic carbocycles. The lowest BCUT2D eigenvalue weighted by atomic mass is 9.93. The van der Waals surface area contributed by atoms with E-state index in [1.165, 1.54) is 17.7 Å². The Kier molecular flexibility index (Phi) is 3.08. The fraction of sp³-hybridized carbons (Fsp3) is 0.214. The van der Waals surface area contributed by atoms with Crippen LogP contribution in [-0.2, 0) is 12.8 Å². The Bertz CT molecular complexity index is 887. The van der Waals surface area contributed by atoms with Gasteiger partial charge in [0, 0.05) is 30.4 Å². The second-order valence-electron chi connectivity index (χ2n) is 5.16. The number of thiazole rings is 1. The summed E-state index contributed by atoms with van der Waals surface area (Å²) in [6.07, 6.45) is 6.46. The number of fused-ring (bicyclic) bond motifs is 3. The summed E-state index contributed by atoms with van der Waals surface area (Å²) in [5.74, 6) is -0.537. The maximum atomic E-state index is 11.8. The smallest absolute Gasteiger partial charge is 0.269 e. The first-order chi connectivity index (χ1) is 11.2. The molecular formula is C14H13N7OS. The molecule has 116 valence electrons. The average Bonchev–Trinajstić information content (AvgIpc) is 3.22. The zero-order valence-corrected chi connectivity index (χ0v) is 13.1. The minimum Gasteiger partial charge on any atom is -0.364 e. The fourth-order valence-electron chi connectivity index (χ4n) is 2.80. The molecule has 0 bridgehead atoms. The summed E-state index contributed by atoms with van der Waals surface area (Å²) in [6, 6.07) is 0. The van der Waals surface area contributed by atoms with E-state index in [-0.39, 0.29) is 5.69 Å². The molecule has 0 saturated heterocycles. The predicted molar refractivity (Wildman–Crippen MR) is 85.1 cm³/mol. The number of amides is 1. The Morgan fingerprint density at radius 3 is 3.00 bits per heavy atom. The van der Waals surface area contributed by atoms with Crippen LogP contribution in [0.25, 0.3) is 11.4 Å². The summed E-state index contributed by atoms with van der Waals surface area (Å²) in [5.41, 5.74) is 9.21. The molecule has 0 unspecified atom stereocenters. The van der Waals surface area contributed by atoms with Crippen LogP contribution in [0.3, 0.4) is 0 Å². The number of hydrogen-bond acceptors (Lipinski definition) is 7. The monoisotopic (exact) mass is 327 g/mol. The fourth-order valence-corrected chi connectivity index (χ4v) is 3.39. The maximum Gasteiger partial charge on any atom is 0.269 e. The number of nitrogens with two attached hydrogens (primary N) is 1. The lowest BCUT2D eigenvalue weighted by Gasteiger charge is -2.21. The van der Waals surface area contributed by atoms with Gasteiger partial charge in [-0.05, 0) is 18.4 Å². The molecule has 0 aromatic carbocycles. The zero-order valence-electron chi connectivity index (χ0n) is 12.3. The third-order valence-electron chi connectivity index (χ3n) is 3.84. The zero-order chi connectivity index (χ0) is 16.0. The second kappa shape index (κ2) is 5.13. The van der Waals surface area contributed by atoms with Crippen LogP contribution in [0, 0.1) is 0 Å². The third kappa shape index (κ3) is 2.08. The number of anilines is 1. The first-order valence-electron chi connectivity index (χ1n) is 7.01. The SMILES string of the molecule is CN(c1nccs1)n1nc(C(N)=O)c2c1-c1ncncc1CC2. The number of hydrogen-bond donors (Lipinski definition) is 1. The summed E-state index contributed by atoms with van der Waals surface area (Å²) in [6.45, 7) is 0. The van der Waals surface area contributed by atoms with Gasteiger partial charge in [-0.3, -0.25) is 4.79 Å². The Morgan fingerprint density at radius 1 is 1.39 bits per heavy atom. The predicted octanol–water partition coefficient (Wildman–Crippen LogP) is 0.894. The molecule has 0 spiro atoms. The largest absolute Gasteiger partial charge is 0.364 e. The highest BCUT2D eigenvalue weighted by Crippen LogP contribution is 2.34. The van der Waals surface area contributed by atoms with Crippen LogP contribution < -0.4 is 10.7 Å². The van der Waals surface area contributed by atoms with Gasteiger partial charge in [0.15, 0.2) is 5.69 Å². The van der Waals surface area contributed by atoms with E-state index in [0.29, 0.717) is 6.42 Å². The molecule has 1 amide bonds. The van der Waals surface area contributed by atoms with Crippen molar-refractivity contribution in [3.63, 3.8) is 0 Å². The van der Waals surface area contributed by atoms with E-state index in [9.17, 15) is 4.79 Å². The number of aryl methyl sites for hydroxylation is 1. The number of carbonyl (C=O) groups excluding carboxylic acids is 1. The van der Waals surface area contributed by atoms with Gasteiger partial charge in [0.25, 0.3) is 5.91 Å². The molecule has 9 heteroatoms. The Morgan fingerprint density at radius 2 is 2.26 bits per heavy atom. The summed E-state index contributed by atoms with van der Waals surface area (Å²) in [4.78, 5) is 26.2. The maximum absolute atomic E-state index is 11.8. The number of carbonyl (C=O) groups is 1. The second-order valence-corrected chi connectivity index (χ2v) is 6.04. The van der Waals surface area contributed by atoms with E-state index in [0.717, 1.165) is 34.1 Å². The molecule has 3 aromatic rings. The van der Waals surface area contributed by atoms with Gasteiger partial charge in [-0.1, -0.05) is 0 Å². The van der Waals surface area contributed by atoms with Crippen molar-refractivity contribution in [1.82, 2.24) is 24.8 Å². The molecule has 4 rings (SSSR count). The summed E-state index contributed by atoms with van der Waals surface area (Å²) >= 11 is 1.48. The highest BCUT2D eigenvalue weighted by Gasteiger charge is 2.30. The van der Waals surface area contributed by atoms with E-state index < -0.39 is 5.91 Å². The van der Waals surface area contributed by atoms with Gasteiger partial charge < -0.3 is 5.73 Å². The molecule has 0 fully saturated rings. The highest BCUT2D eigenvalue weighted by atomic mass is 32.1. The average molecular weight is 327 g/mol. The standard InChI is InChI=1S/C14H13N7OS/c1-20(14-17-4-5-23-14)21-12-9(11(19-21)13(15)22)3-2-8-6-16-7-18-10(8)12/h4-7H,2-3H2,1H3,(H2,15,22). The van der Waals surface area contributed by atoms with Crippen LogP contribution in [0.5, 0.6) is 0 Å². The summed E-state index contributed by atoms with van der Waals surface area (Å²) < 4.78 is 0. The molecule has 0 atom stereocenters. The molecule has 0 radical (unpaired) electrons. The van der Waals surface area contributed by atoms with Crippen molar-refractivity contribution < 1.29 is 4.79 Å². The Hall–Kier alpha value is -2.81. The first kappa shape index (κ1) is 13.8. The number of rotatable bonds is 3. The molecule has 1 aliphatic rings. The van der Waals surface area contributed by atoms with Crippen molar-refractivity contribution >= 4 is 22.4 Å².